The fourth-order valence-electron chi connectivity index (χ4n) is 4.25. The number of carbonyl (C=O) groups is 6. The van der Waals surface area contributed by atoms with Crippen LogP contribution in [0.3, 0.4) is 0 Å². The summed E-state index contributed by atoms with van der Waals surface area (Å²) in [6.07, 6.45) is 0.362. The number of carbonyl (C=O) groups excluding carboxylic acids is 6. The molecule has 212 valence electrons. The molecule has 0 bridgehead atoms. The first kappa shape index (κ1) is 34.4. The van der Waals surface area contributed by atoms with E-state index in [9.17, 15) is 33.9 Å². The molecular formula is C27H44O10. The number of aliphatic hydroxyl groups is 1. The van der Waals surface area contributed by atoms with Gasteiger partial charge in [0.2, 0.25) is 0 Å². The van der Waals surface area contributed by atoms with Crippen LogP contribution in [0.5, 0.6) is 0 Å². The molecule has 0 rings (SSSR count). The number of esters is 6. The lowest BCUT2D eigenvalue weighted by Crippen LogP contribution is -2.65. The van der Waals surface area contributed by atoms with E-state index >= 15 is 0 Å². The summed E-state index contributed by atoms with van der Waals surface area (Å²) in [7, 11) is 0. The zero-order chi connectivity index (χ0) is 29.1. The minimum absolute atomic E-state index is 0.00870. The molecule has 37 heavy (non-hydrogen) atoms. The topological polar surface area (TPSA) is 150 Å². The SMILES string of the molecule is CC(=O)OC(=O)C(CCC(C)C)C(O)(C(=O)OC(C)=O)C(CCC(C)C)(CCC(C)C)C(=O)OC(C)=O. The Morgan fingerprint density at radius 3 is 1.32 bits per heavy atom. The van der Waals surface area contributed by atoms with E-state index in [0.717, 1.165) is 20.8 Å². The summed E-state index contributed by atoms with van der Waals surface area (Å²) in [5.74, 6) is -8.85. The van der Waals surface area contributed by atoms with E-state index in [4.69, 9.17) is 14.2 Å². The van der Waals surface area contributed by atoms with Crippen LogP contribution in [0, 0.1) is 29.1 Å². The van der Waals surface area contributed by atoms with Gasteiger partial charge in [-0.2, -0.15) is 0 Å². The molecule has 0 amide bonds. The largest absolute Gasteiger partial charge is 0.393 e. The van der Waals surface area contributed by atoms with Crippen LogP contribution >= 0.6 is 0 Å². The molecule has 0 saturated carbocycles. The Morgan fingerprint density at radius 2 is 0.973 bits per heavy atom. The van der Waals surface area contributed by atoms with Gasteiger partial charge in [-0.15, -0.1) is 0 Å². The van der Waals surface area contributed by atoms with Gasteiger partial charge in [0, 0.05) is 20.8 Å². The van der Waals surface area contributed by atoms with Crippen molar-refractivity contribution in [3.05, 3.63) is 0 Å². The van der Waals surface area contributed by atoms with Crippen LogP contribution in [0.25, 0.3) is 0 Å². The molecule has 10 nitrogen and oxygen atoms in total. The Kier molecular flexibility index (Phi) is 13.9. The molecular weight excluding hydrogens is 484 g/mol. The highest BCUT2D eigenvalue weighted by molar-refractivity contribution is 6.01. The molecule has 0 aromatic heterocycles. The molecule has 0 radical (unpaired) electrons. The summed E-state index contributed by atoms with van der Waals surface area (Å²) in [5.41, 5.74) is -5.16. The summed E-state index contributed by atoms with van der Waals surface area (Å²) in [6, 6.07) is 0. The second kappa shape index (κ2) is 15.0. The quantitative estimate of drug-likeness (QED) is 0.200. The van der Waals surface area contributed by atoms with Crippen molar-refractivity contribution in [3.63, 3.8) is 0 Å². The van der Waals surface area contributed by atoms with Crippen molar-refractivity contribution in [1.82, 2.24) is 0 Å². The lowest BCUT2D eigenvalue weighted by atomic mass is 9.59. The maximum atomic E-state index is 13.7. The Hall–Kier alpha value is -2.62. The lowest BCUT2D eigenvalue weighted by Gasteiger charge is -2.46. The number of hydrogen-bond acceptors (Lipinski definition) is 10. The van der Waals surface area contributed by atoms with E-state index < -0.39 is 52.7 Å². The summed E-state index contributed by atoms with van der Waals surface area (Å²) in [5, 5.41) is 12.4. The molecule has 0 aliphatic heterocycles. The third kappa shape index (κ3) is 9.98. The maximum Gasteiger partial charge on any atom is 0.347 e. The molecule has 2 atom stereocenters. The standard InChI is InChI=1S/C27H44O10/c1-16(2)10-11-22(23(31)35-19(7)28)27(34,25(33)37-21(9)30)26(14-12-17(3)4,15-13-18(5)6)24(32)36-20(8)29/h16-18,22,34H,10-15H2,1-9H3. The number of hydrogen-bond donors (Lipinski definition) is 1. The van der Waals surface area contributed by atoms with Gasteiger partial charge in [0.25, 0.3) is 0 Å². The summed E-state index contributed by atoms with van der Waals surface area (Å²) >= 11 is 0. The normalized spacial score (nSPS) is 14.2. The van der Waals surface area contributed by atoms with Gasteiger partial charge in [-0.25, -0.2) is 4.79 Å². The molecule has 0 aromatic carbocycles. The fourth-order valence-corrected chi connectivity index (χ4v) is 4.25. The summed E-state index contributed by atoms with van der Waals surface area (Å²) in [6.45, 7) is 14.0. The molecule has 0 fully saturated rings. The van der Waals surface area contributed by atoms with Gasteiger partial charge in [-0.3, -0.25) is 24.0 Å². The highest BCUT2D eigenvalue weighted by Crippen LogP contribution is 2.50. The van der Waals surface area contributed by atoms with Gasteiger partial charge in [0.15, 0.2) is 5.60 Å². The predicted molar refractivity (Wildman–Crippen MR) is 133 cm³/mol. The Labute approximate surface area is 219 Å². The van der Waals surface area contributed by atoms with Crippen molar-refractivity contribution in [3.8, 4) is 0 Å². The molecule has 0 aromatic rings. The summed E-state index contributed by atoms with van der Waals surface area (Å²) in [4.78, 5) is 76.0. The van der Waals surface area contributed by atoms with E-state index in [0.29, 0.717) is 19.3 Å². The first-order chi connectivity index (χ1) is 16.9. The van der Waals surface area contributed by atoms with Crippen molar-refractivity contribution >= 4 is 35.8 Å². The van der Waals surface area contributed by atoms with Crippen molar-refractivity contribution in [2.45, 2.75) is 106 Å². The van der Waals surface area contributed by atoms with E-state index in [1.54, 1.807) is 0 Å². The number of rotatable bonds is 14. The number of ether oxygens (including phenoxy) is 3. The van der Waals surface area contributed by atoms with Crippen LogP contribution in [-0.4, -0.2) is 46.5 Å². The van der Waals surface area contributed by atoms with Gasteiger partial charge in [0.05, 0.1) is 5.92 Å². The van der Waals surface area contributed by atoms with E-state index in [2.05, 4.69) is 0 Å². The van der Waals surface area contributed by atoms with Crippen molar-refractivity contribution in [2.75, 3.05) is 0 Å². The van der Waals surface area contributed by atoms with Crippen LogP contribution in [0.1, 0.15) is 101 Å². The monoisotopic (exact) mass is 528 g/mol. The fraction of sp³-hybridized carbons (Fsp3) is 0.778. The molecule has 10 heteroatoms. The van der Waals surface area contributed by atoms with Gasteiger partial charge in [0.1, 0.15) is 5.41 Å². The maximum absolute atomic E-state index is 13.7. The van der Waals surface area contributed by atoms with E-state index in [1.807, 2.05) is 41.5 Å². The first-order valence-electron chi connectivity index (χ1n) is 12.8. The second-order valence-corrected chi connectivity index (χ2v) is 10.9. The third-order valence-electron chi connectivity index (χ3n) is 6.27. The van der Waals surface area contributed by atoms with E-state index in [-0.39, 0.29) is 37.0 Å². The Balaban J connectivity index is 7.54. The van der Waals surface area contributed by atoms with Crippen molar-refractivity contribution in [1.29, 1.82) is 0 Å². The Bertz CT molecular complexity index is 830. The van der Waals surface area contributed by atoms with Crippen LogP contribution in [-0.2, 0) is 43.0 Å². The third-order valence-corrected chi connectivity index (χ3v) is 6.27. The molecule has 2 unspecified atom stereocenters. The zero-order valence-corrected chi connectivity index (χ0v) is 23.7. The van der Waals surface area contributed by atoms with Gasteiger partial charge in [-0.05, 0) is 49.9 Å². The predicted octanol–water partition coefficient (Wildman–Crippen LogP) is 3.90. The smallest absolute Gasteiger partial charge is 0.347 e. The lowest BCUT2D eigenvalue weighted by molar-refractivity contribution is -0.215. The highest BCUT2D eigenvalue weighted by atomic mass is 16.6. The van der Waals surface area contributed by atoms with Gasteiger partial charge >= 0.3 is 35.8 Å². The Morgan fingerprint density at radius 1 is 0.595 bits per heavy atom. The molecule has 0 heterocycles. The molecule has 0 saturated heterocycles. The van der Waals surface area contributed by atoms with Crippen LogP contribution in [0.4, 0.5) is 0 Å². The van der Waals surface area contributed by atoms with Crippen molar-refractivity contribution < 1.29 is 48.1 Å². The zero-order valence-electron chi connectivity index (χ0n) is 23.7. The minimum atomic E-state index is -2.99. The average Bonchev–Trinajstić information content (AvgIpc) is 2.71. The molecule has 0 spiro atoms. The second-order valence-electron chi connectivity index (χ2n) is 10.9. The molecule has 0 aliphatic carbocycles. The molecule has 1 N–H and O–H groups in total. The van der Waals surface area contributed by atoms with Crippen LogP contribution in [0.2, 0.25) is 0 Å². The van der Waals surface area contributed by atoms with E-state index in [1.165, 1.54) is 0 Å². The first-order valence-corrected chi connectivity index (χ1v) is 12.8. The van der Waals surface area contributed by atoms with Gasteiger partial charge in [-0.1, -0.05) is 48.0 Å². The van der Waals surface area contributed by atoms with Gasteiger partial charge < -0.3 is 19.3 Å². The van der Waals surface area contributed by atoms with Crippen molar-refractivity contribution in [2.24, 2.45) is 29.1 Å². The minimum Gasteiger partial charge on any atom is -0.393 e. The molecule has 0 aliphatic rings. The average molecular weight is 529 g/mol. The highest BCUT2D eigenvalue weighted by Gasteiger charge is 2.67. The van der Waals surface area contributed by atoms with Crippen LogP contribution < -0.4 is 0 Å². The van der Waals surface area contributed by atoms with Crippen LogP contribution in [0.15, 0.2) is 0 Å². The summed E-state index contributed by atoms with van der Waals surface area (Å²) < 4.78 is 14.6.